The molecule has 0 aliphatic heterocycles. The van der Waals surface area contributed by atoms with Gasteiger partial charge in [-0.15, -0.1) is 0 Å². The monoisotopic (exact) mass is 155 g/mol. The Hall–Kier alpha value is -0.900. The van der Waals surface area contributed by atoms with Gasteiger partial charge in [0.1, 0.15) is 0 Å². The molecule has 0 saturated carbocycles. The molecule has 1 aromatic rings. The molecule has 2 N–H and O–H groups in total. The number of nitrogens with two attached hydrogens (primary N) is 1. The number of nitrogens with zero attached hydrogens (tertiary/aromatic N) is 2. The molecule has 0 unspecified atom stereocenters. The van der Waals surface area contributed by atoms with E-state index in [0.717, 1.165) is 6.42 Å². The van der Waals surface area contributed by atoms with E-state index in [0.29, 0.717) is 11.7 Å². The van der Waals surface area contributed by atoms with Crippen molar-refractivity contribution in [2.45, 2.75) is 32.7 Å². The first-order valence-corrected chi connectivity index (χ1v) is 3.66. The molecule has 1 heterocycles. The molecule has 0 saturated heterocycles. The Labute approximate surface area is 65.8 Å². The lowest BCUT2D eigenvalue weighted by atomic mass is 10.1. The minimum Gasteiger partial charge on any atom is -0.337 e. The number of aryl methyl sites for hydroxylation is 1. The smallest absolute Gasteiger partial charge is 0.246 e. The lowest BCUT2D eigenvalue weighted by Gasteiger charge is -2.10. The van der Waals surface area contributed by atoms with Gasteiger partial charge in [-0.2, -0.15) is 4.98 Å². The molecule has 1 rings (SSSR count). The first kappa shape index (κ1) is 8.20. The Balaban J connectivity index is 2.89. The Bertz CT molecular complexity index is 236. The molecule has 0 bridgehead atoms. The van der Waals surface area contributed by atoms with Crippen LogP contribution in [0.3, 0.4) is 0 Å². The number of aromatic nitrogens is 2. The zero-order chi connectivity index (χ0) is 8.48. The largest absolute Gasteiger partial charge is 0.337 e. The van der Waals surface area contributed by atoms with Crippen LogP contribution < -0.4 is 5.73 Å². The molecule has 4 nitrogen and oxygen atoms in total. The lowest BCUT2D eigenvalue weighted by molar-refractivity contribution is 0.310. The number of hydrogen-bond donors (Lipinski definition) is 1. The van der Waals surface area contributed by atoms with E-state index in [2.05, 4.69) is 10.1 Å². The van der Waals surface area contributed by atoms with Crippen molar-refractivity contribution >= 4 is 0 Å². The van der Waals surface area contributed by atoms with Crippen LogP contribution in [0.5, 0.6) is 0 Å². The fourth-order valence-corrected chi connectivity index (χ4v) is 0.659. The molecule has 0 spiro atoms. The van der Waals surface area contributed by atoms with Crippen LogP contribution in [-0.2, 0) is 12.0 Å². The average molecular weight is 155 g/mol. The highest BCUT2D eigenvalue weighted by molar-refractivity contribution is 4.96. The van der Waals surface area contributed by atoms with Crippen LogP contribution in [0.2, 0.25) is 0 Å². The van der Waals surface area contributed by atoms with Crippen molar-refractivity contribution < 1.29 is 4.52 Å². The van der Waals surface area contributed by atoms with Gasteiger partial charge in [-0.1, -0.05) is 12.1 Å². The van der Waals surface area contributed by atoms with Gasteiger partial charge in [0.25, 0.3) is 0 Å². The second-order valence-electron chi connectivity index (χ2n) is 3.09. The Kier molecular flexibility index (Phi) is 1.95. The summed E-state index contributed by atoms with van der Waals surface area (Å²) in [6.45, 7) is 5.64. The predicted molar refractivity (Wildman–Crippen MR) is 40.9 cm³/mol. The molecule has 0 aliphatic carbocycles. The standard InChI is InChI=1S/C7H13N3O/c1-4-5-9-6(11-10-5)7(2,3)8/h4,8H2,1-3H3. The van der Waals surface area contributed by atoms with Crippen LogP contribution in [0, 0.1) is 0 Å². The van der Waals surface area contributed by atoms with E-state index in [1.54, 1.807) is 0 Å². The highest BCUT2D eigenvalue weighted by Gasteiger charge is 2.21. The molecule has 0 fully saturated rings. The zero-order valence-corrected chi connectivity index (χ0v) is 7.09. The summed E-state index contributed by atoms with van der Waals surface area (Å²) < 4.78 is 4.93. The summed E-state index contributed by atoms with van der Waals surface area (Å²) in [5, 5.41) is 3.74. The molecule has 0 radical (unpaired) electrons. The van der Waals surface area contributed by atoms with E-state index in [9.17, 15) is 0 Å². The van der Waals surface area contributed by atoms with Gasteiger partial charge in [-0.25, -0.2) is 0 Å². The first-order chi connectivity index (χ1) is 5.04. The molecule has 0 aliphatic rings. The second-order valence-corrected chi connectivity index (χ2v) is 3.09. The van der Waals surface area contributed by atoms with Crippen molar-refractivity contribution in [3.8, 4) is 0 Å². The predicted octanol–water partition coefficient (Wildman–Crippen LogP) is 0.826. The molecule has 4 heteroatoms. The van der Waals surface area contributed by atoms with Crippen LogP contribution in [0.25, 0.3) is 0 Å². The lowest BCUT2D eigenvalue weighted by Crippen LogP contribution is -2.29. The first-order valence-electron chi connectivity index (χ1n) is 3.66. The molecule has 62 valence electrons. The van der Waals surface area contributed by atoms with Crippen LogP contribution in [0.4, 0.5) is 0 Å². The van der Waals surface area contributed by atoms with Crippen molar-refractivity contribution in [2.75, 3.05) is 0 Å². The maximum absolute atomic E-state index is 5.73. The van der Waals surface area contributed by atoms with Crippen molar-refractivity contribution in [3.63, 3.8) is 0 Å². The van der Waals surface area contributed by atoms with E-state index in [4.69, 9.17) is 10.3 Å². The molecular formula is C7H13N3O. The highest BCUT2D eigenvalue weighted by Crippen LogP contribution is 2.13. The van der Waals surface area contributed by atoms with Gasteiger partial charge in [0.05, 0.1) is 5.54 Å². The minimum absolute atomic E-state index is 0.495. The summed E-state index contributed by atoms with van der Waals surface area (Å²) in [5.41, 5.74) is 5.20. The van der Waals surface area contributed by atoms with Crippen molar-refractivity contribution in [3.05, 3.63) is 11.7 Å². The maximum atomic E-state index is 5.73. The third-order valence-electron chi connectivity index (χ3n) is 1.34. The molecule has 0 atom stereocenters. The van der Waals surface area contributed by atoms with E-state index >= 15 is 0 Å². The quantitative estimate of drug-likeness (QED) is 0.686. The van der Waals surface area contributed by atoms with Gasteiger partial charge in [0.15, 0.2) is 5.82 Å². The van der Waals surface area contributed by atoms with Crippen molar-refractivity contribution in [1.29, 1.82) is 0 Å². The summed E-state index contributed by atoms with van der Waals surface area (Å²) >= 11 is 0. The van der Waals surface area contributed by atoms with Gasteiger partial charge < -0.3 is 10.3 Å². The van der Waals surface area contributed by atoms with E-state index in [-0.39, 0.29) is 0 Å². The minimum atomic E-state index is -0.527. The van der Waals surface area contributed by atoms with Gasteiger partial charge in [-0.3, -0.25) is 0 Å². The summed E-state index contributed by atoms with van der Waals surface area (Å²) in [6.07, 6.45) is 0.777. The molecule has 0 amide bonds. The number of hydrogen-bond acceptors (Lipinski definition) is 4. The van der Waals surface area contributed by atoms with Gasteiger partial charge in [-0.05, 0) is 13.8 Å². The summed E-state index contributed by atoms with van der Waals surface area (Å²) in [6, 6.07) is 0. The van der Waals surface area contributed by atoms with Crippen molar-refractivity contribution in [2.24, 2.45) is 5.73 Å². The van der Waals surface area contributed by atoms with Crippen LogP contribution in [-0.4, -0.2) is 10.1 Å². The summed E-state index contributed by atoms with van der Waals surface area (Å²) in [4.78, 5) is 4.10. The van der Waals surface area contributed by atoms with Gasteiger partial charge in [0, 0.05) is 6.42 Å². The normalized spacial score (nSPS) is 12.0. The Morgan fingerprint density at radius 1 is 1.55 bits per heavy atom. The SMILES string of the molecule is CCc1noc(C(C)(C)N)n1. The molecular weight excluding hydrogens is 142 g/mol. The van der Waals surface area contributed by atoms with Crippen LogP contribution in [0.1, 0.15) is 32.5 Å². The van der Waals surface area contributed by atoms with Crippen LogP contribution >= 0.6 is 0 Å². The van der Waals surface area contributed by atoms with Crippen LogP contribution in [0.15, 0.2) is 4.52 Å². The third-order valence-corrected chi connectivity index (χ3v) is 1.34. The topological polar surface area (TPSA) is 64.9 Å². The fourth-order valence-electron chi connectivity index (χ4n) is 0.659. The molecule has 0 aromatic carbocycles. The highest BCUT2D eigenvalue weighted by atomic mass is 16.5. The number of rotatable bonds is 2. The Morgan fingerprint density at radius 2 is 2.18 bits per heavy atom. The zero-order valence-electron chi connectivity index (χ0n) is 7.09. The second kappa shape index (κ2) is 2.62. The van der Waals surface area contributed by atoms with Gasteiger partial charge in [0.2, 0.25) is 5.89 Å². The summed E-state index contributed by atoms with van der Waals surface area (Å²) in [7, 11) is 0. The van der Waals surface area contributed by atoms with Crippen molar-refractivity contribution in [1.82, 2.24) is 10.1 Å². The van der Waals surface area contributed by atoms with Gasteiger partial charge >= 0.3 is 0 Å². The molecule has 11 heavy (non-hydrogen) atoms. The summed E-state index contributed by atoms with van der Waals surface area (Å²) in [5.74, 6) is 1.20. The fraction of sp³-hybridized carbons (Fsp3) is 0.714. The van der Waals surface area contributed by atoms with E-state index < -0.39 is 5.54 Å². The Morgan fingerprint density at radius 3 is 2.45 bits per heavy atom. The maximum Gasteiger partial charge on any atom is 0.246 e. The van der Waals surface area contributed by atoms with E-state index in [1.807, 2.05) is 20.8 Å². The molecule has 1 aromatic heterocycles. The van der Waals surface area contributed by atoms with E-state index in [1.165, 1.54) is 0 Å². The average Bonchev–Trinajstić information content (AvgIpc) is 2.32. The third kappa shape index (κ3) is 1.77.